The van der Waals surface area contributed by atoms with Crippen molar-refractivity contribution in [1.82, 2.24) is 0 Å². The van der Waals surface area contributed by atoms with E-state index in [-0.39, 0.29) is 5.75 Å². The third-order valence-electron chi connectivity index (χ3n) is 5.14. The molecule has 32 heavy (non-hydrogen) atoms. The lowest BCUT2D eigenvalue weighted by Gasteiger charge is -2.10. The molecule has 0 unspecified atom stereocenters. The molecule has 0 atom stereocenters. The van der Waals surface area contributed by atoms with Crippen molar-refractivity contribution in [1.29, 1.82) is 5.41 Å². The van der Waals surface area contributed by atoms with Crippen molar-refractivity contribution in [3.63, 3.8) is 0 Å². The molecule has 160 valence electrons. The molecule has 0 aromatic heterocycles. The number of phenolic OH excluding ortho intramolecular Hbond substituents is 1. The van der Waals surface area contributed by atoms with Crippen molar-refractivity contribution >= 4 is 5.71 Å². The zero-order valence-corrected chi connectivity index (χ0v) is 17.9. The standard InChI is InChI=1S/C28H25NO3/c1-20(29)23-7-13-27(14-8-23)31-18-21-3-2-4-22(17-21)19-32-28-15-9-25(10-16-28)24-5-11-26(30)12-6-24/h2-17,29-30H,18-19H2,1H3. The number of phenols is 1. The molecule has 0 bridgehead atoms. The Hall–Kier alpha value is -4.05. The van der Waals surface area contributed by atoms with Crippen LogP contribution in [-0.4, -0.2) is 10.8 Å². The molecule has 0 aliphatic rings. The van der Waals surface area contributed by atoms with Gasteiger partial charge in [0.05, 0.1) is 0 Å². The van der Waals surface area contributed by atoms with E-state index in [1.165, 1.54) is 0 Å². The largest absolute Gasteiger partial charge is 0.508 e. The van der Waals surface area contributed by atoms with Crippen LogP contribution < -0.4 is 9.47 Å². The molecule has 4 nitrogen and oxygen atoms in total. The minimum Gasteiger partial charge on any atom is -0.508 e. The number of benzene rings is 4. The second kappa shape index (κ2) is 9.84. The monoisotopic (exact) mass is 423 g/mol. The lowest BCUT2D eigenvalue weighted by atomic mass is 10.1. The van der Waals surface area contributed by atoms with Crippen molar-refractivity contribution in [3.8, 4) is 28.4 Å². The first-order valence-corrected chi connectivity index (χ1v) is 10.5. The van der Waals surface area contributed by atoms with Crippen molar-refractivity contribution < 1.29 is 14.6 Å². The van der Waals surface area contributed by atoms with E-state index < -0.39 is 0 Å². The summed E-state index contributed by atoms with van der Waals surface area (Å²) in [5, 5.41) is 17.1. The summed E-state index contributed by atoms with van der Waals surface area (Å²) in [5.41, 5.74) is 5.70. The smallest absolute Gasteiger partial charge is 0.119 e. The number of aromatic hydroxyl groups is 1. The molecule has 0 radical (unpaired) electrons. The topological polar surface area (TPSA) is 62.5 Å². The summed E-state index contributed by atoms with van der Waals surface area (Å²) in [4.78, 5) is 0. The fraction of sp³-hybridized carbons (Fsp3) is 0.107. The van der Waals surface area contributed by atoms with Crippen LogP contribution in [0.1, 0.15) is 23.6 Å². The van der Waals surface area contributed by atoms with Gasteiger partial charge in [-0.2, -0.15) is 0 Å². The molecule has 2 N–H and O–H groups in total. The normalized spacial score (nSPS) is 10.5. The van der Waals surface area contributed by atoms with Gasteiger partial charge in [0.15, 0.2) is 0 Å². The molecule has 0 saturated heterocycles. The van der Waals surface area contributed by atoms with Gasteiger partial charge in [-0.15, -0.1) is 0 Å². The molecule has 0 saturated carbocycles. The molecule has 4 aromatic carbocycles. The summed E-state index contributed by atoms with van der Waals surface area (Å²) in [6.07, 6.45) is 0. The molecule has 0 fully saturated rings. The minimum atomic E-state index is 0.261. The average Bonchev–Trinajstić information content (AvgIpc) is 2.83. The van der Waals surface area contributed by atoms with Gasteiger partial charge < -0.3 is 20.0 Å². The van der Waals surface area contributed by atoms with Crippen LogP contribution in [-0.2, 0) is 13.2 Å². The lowest BCUT2D eigenvalue weighted by molar-refractivity contribution is 0.300. The van der Waals surface area contributed by atoms with Crippen molar-refractivity contribution in [2.45, 2.75) is 20.1 Å². The number of ether oxygens (including phenoxy) is 2. The minimum absolute atomic E-state index is 0.261. The Morgan fingerprint density at radius 2 is 1.16 bits per heavy atom. The lowest BCUT2D eigenvalue weighted by Crippen LogP contribution is -2.00. The summed E-state index contributed by atoms with van der Waals surface area (Å²) < 4.78 is 11.8. The summed E-state index contributed by atoms with van der Waals surface area (Å²) in [6, 6.07) is 30.8. The Balaban J connectivity index is 1.32. The Labute approximate surface area is 188 Å². The van der Waals surface area contributed by atoms with Crippen LogP contribution in [0.4, 0.5) is 0 Å². The van der Waals surface area contributed by atoms with Gasteiger partial charge in [-0.05, 0) is 89.3 Å². The Morgan fingerprint density at radius 3 is 1.66 bits per heavy atom. The van der Waals surface area contributed by atoms with E-state index in [1.54, 1.807) is 19.1 Å². The summed E-state index contributed by atoms with van der Waals surface area (Å²) in [6.45, 7) is 2.71. The molecule has 4 heteroatoms. The van der Waals surface area contributed by atoms with Crippen LogP contribution in [0.15, 0.2) is 97.1 Å². The first-order chi connectivity index (χ1) is 15.6. The van der Waals surface area contributed by atoms with E-state index in [2.05, 4.69) is 6.07 Å². The van der Waals surface area contributed by atoms with Crippen LogP contribution >= 0.6 is 0 Å². The second-order valence-corrected chi connectivity index (χ2v) is 7.62. The van der Waals surface area contributed by atoms with E-state index in [9.17, 15) is 5.11 Å². The van der Waals surface area contributed by atoms with Gasteiger partial charge in [0.25, 0.3) is 0 Å². The Kier molecular flexibility index (Phi) is 6.52. The zero-order chi connectivity index (χ0) is 22.3. The van der Waals surface area contributed by atoms with E-state index in [4.69, 9.17) is 14.9 Å². The fourth-order valence-electron chi connectivity index (χ4n) is 3.34. The number of rotatable bonds is 8. The van der Waals surface area contributed by atoms with Gasteiger partial charge in [0.1, 0.15) is 30.5 Å². The Bertz CT molecular complexity index is 1180. The van der Waals surface area contributed by atoms with Crippen molar-refractivity contribution in [3.05, 3.63) is 114 Å². The highest BCUT2D eigenvalue weighted by Gasteiger charge is 2.03. The van der Waals surface area contributed by atoms with E-state index in [1.807, 2.05) is 78.9 Å². The first kappa shape index (κ1) is 21.2. The van der Waals surface area contributed by atoms with E-state index in [0.717, 1.165) is 39.3 Å². The predicted octanol–water partition coefficient (Wildman–Crippen LogP) is 6.60. The highest BCUT2D eigenvalue weighted by Crippen LogP contribution is 2.24. The van der Waals surface area contributed by atoms with Gasteiger partial charge in [0, 0.05) is 5.71 Å². The summed E-state index contributed by atoms with van der Waals surface area (Å²) in [7, 11) is 0. The summed E-state index contributed by atoms with van der Waals surface area (Å²) in [5.74, 6) is 1.85. The predicted molar refractivity (Wildman–Crippen MR) is 128 cm³/mol. The zero-order valence-electron chi connectivity index (χ0n) is 17.9. The van der Waals surface area contributed by atoms with Crippen LogP contribution in [0.5, 0.6) is 17.2 Å². The molecule has 4 aromatic rings. The molecule has 0 aliphatic carbocycles. The number of hydrogen-bond donors (Lipinski definition) is 2. The fourth-order valence-corrected chi connectivity index (χ4v) is 3.34. The molecule has 0 spiro atoms. The van der Waals surface area contributed by atoms with Crippen LogP contribution in [0.25, 0.3) is 11.1 Å². The highest BCUT2D eigenvalue weighted by atomic mass is 16.5. The van der Waals surface area contributed by atoms with Gasteiger partial charge in [0.2, 0.25) is 0 Å². The third kappa shape index (κ3) is 5.55. The maximum Gasteiger partial charge on any atom is 0.119 e. The highest BCUT2D eigenvalue weighted by molar-refractivity contribution is 5.96. The van der Waals surface area contributed by atoms with Gasteiger partial charge in [-0.3, -0.25) is 0 Å². The third-order valence-corrected chi connectivity index (χ3v) is 5.14. The number of nitrogens with one attached hydrogen (secondary N) is 1. The van der Waals surface area contributed by atoms with Crippen LogP contribution in [0.3, 0.4) is 0 Å². The van der Waals surface area contributed by atoms with Crippen LogP contribution in [0.2, 0.25) is 0 Å². The first-order valence-electron chi connectivity index (χ1n) is 10.5. The molecule has 0 amide bonds. The molecular weight excluding hydrogens is 398 g/mol. The molecule has 4 rings (SSSR count). The molecule has 0 aliphatic heterocycles. The maximum atomic E-state index is 9.43. The van der Waals surface area contributed by atoms with E-state index >= 15 is 0 Å². The Morgan fingerprint density at radius 1 is 0.688 bits per heavy atom. The number of hydrogen-bond acceptors (Lipinski definition) is 4. The molecule has 0 heterocycles. The van der Waals surface area contributed by atoms with Gasteiger partial charge >= 0.3 is 0 Å². The van der Waals surface area contributed by atoms with Crippen LogP contribution in [0, 0.1) is 5.41 Å². The van der Waals surface area contributed by atoms with E-state index in [0.29, 0.717) is 18.9 Å². The van der Waals surface area contributed by atoms with Gasteiger partial charge in [-0.1, -0.05) is 42.5 Å². The van der Waals surface area contributed by atoms with Crippen molar-refractivity contribution in [2.75, 3.05) is 0 Å². The second-order valence-electron chi connectivity index (χ2n) is 7.62. The summed E-state index contributed by atoms with van der Waals surface area (Å²) >= 11 is 0. The quantitative estimate of drug-likeness (QED) is 0.314. The average molecular weight is 424 g/mol. The molecular formula is C28H25NO3. The van der Waals surface area contributed by atoms with Gasteiger partial charge in [-0.25, -0.2) is 0 Å². The van der Waals surface area contributed by atoms with Crippen molar-refractivity contribution in [2.24, 2.45) is 0 Å². The maximum absolute atomic E-state index is 9.43. The SMILES string of the molecule is CC(=N)c1ccc(OCc2cccc(COc3ccc(-c4ccc(O)cc4)cc3)c2)cc1.